The van der Waals surface area contributed by atoms with Crippen molar-refractivity contribution in [2.24, 2.45) is 5.73 Å². The maximum atomic E-state index is 11.1. The Bertz CT molecular complexity index is 523. The third-order valence-corrected chi connectivity index (χ3v) is 4.61. The topological polar surface area (TPSA) is 60.2 Å². The molecule has 2 rings (SSSR count). The summed E-state index contributed by atoms with van der Waals surface area (Å²) < 4.78 is 22.1. The minimum atomic E-state index is -2.87. The summed E-state index contributed by atoms with van der Waals surface area (Å²) in [5, 5.41) is 0. The van der Waals surface area contributed by atoms with E-state index in [0.717, 1.165) is 18.4 Å². The Morgan fingerprint density at radius 1 is 1.28 bits per heavy atom. The fraction of sp³-hybridized carbons (Fsp3) is 0.571. The van der Waals surface area contributed by atoms with Crippen LogP contribution in [0.1, 0.15) is 42.0 Å². The van der Waals surface area contributed by atoms with E-state index in [-0.39, 0.29) is 11.8 Å². The quantitative estimate of drug-likeness (QED) is 0.887. The molecule has 18 heavy (non-hydrogen) atoms. The first-order chi connectivity index (χ1) is 8.46. The molecule has 1 unspecified atom stereocenters. The molecule has 0 fully saturated rings. The third-order valence-electron chi connectivity index (χ3n) is 3.58. The highest BCUT2D eigenvalue weighted by Gasteiger charge is 2.14. The van der Waals surface area contributed by atoms with E-state index in [1.54, 1.807) is 0 Å². The molecule has 1 atom stereocenters. The highest BCUT2D eigenvalue weighted by Crippen LogP contribution is 2.26. The van der Waals surface area contributed by atoms with E-state index in [4.69, 9.17) is 5.73 Å². The van der Waals surface area contributed by atoms with Gasteiger partial charge in [0.05, 0.1) is 0 Å². The van der Waals surface area contributed by atoms with Gasteiger partial charge in [-0.05, 0) is 48.8 Å². The minimum absolute atomic E-state index is 0.0438. The molecule has 0 amide bonds. The number of nitrogens with two attached hydrogens (primary N) is 1. The zero-order valence-electron chi connectivity index (χ0n) is 10.9. The van der Waals surface area contributed by atoms with Crippen LogP contribution in [0.15, 0.2) is 18.2 Å². The predicted molar refractivity (Wildman–Crippen MR) is 74.3 cm³/mol. The van der Waals surface area contributed by atoms with Gasteiger partial charge >= 0.3 is 0 Å². The summed E-state index contributed by atoms with van der Waals surface area (Å²) in [6, 6.07) is 6.43. The van der Waals surface area contributed by atoms with Crippen molar-refractivity contribution in [3.05, 3.63) is 34.9 Å². The molecule has 0 aromatic heterocycles. The number of sulfone groups is 1. The first-order valence-corrected chi connectivity index (χ1v) is 8.57. The lowest BCUT2D eigenvalue weighted by Gasteiger charge is -2.13. The molecule has 1 aliphatic rings. The van der Waals surface area contributed by atoms with Crippen molar-refractivity contribution < 1.29 is 8.42 Å². The van der Waals surface area contributed by atoms with E-state index in [2.05, 4.69) is 18.2 Å². The van der Waals surface area contributed by atoms with Crippen molar-refractivity contribution in [2.45, 2.75) is 38.1 Å². The van der Waals surface area contributed by atoms with Crippen molar-refractivity contribution >= 4 is 9.84 Å². The second-order valence-corrected chi connectivity index (χ2v) is 7.52. The molecule has 1 aromatic rings. The molecule has 3 nitrogen and oxygen atoms in total. The third kappa shape index (κ3) is 3.56. The normalized spacial score (nSPS) is 16.6. The first kappa shape index (κ1) is 13.6. The van der Waals surface area contributed by atoms with Gasteiger partial charge in [-0.2, -0.15) is 0 Å². The molecule has 100 valence electrons. The molecular weight excluding hydrogens is 246 g/mol. The summed E-state index contributed by atoms with van der Waals surface area (Å²) in [5.74, 6) is 0.228. The molecule has 4 heteroatoms. The molecule has 0 saturated carbocycles. The van der Waals surface area contributed by atoms with Crippen LogP contribution in [0.2, 0.25) is 0 Å². The zero-order chi connectivity index (χ0) is 13.2. The van der Waals surface area contributed by atoms with Crippen LogP contribution in [0.25, 0.3) is 0 Å². The van der Waals surface area contributed by atoms with Gasteiger partial charge in [0, 0.05) is 18.1 Å². The maximum Gasteiger partial charge on any atom is 0.147 e. The van der Waals surface area contributed by atoms with Crippen LogP contribution in [0.3, 0.4) is 0 Å². The smallest absolute Gasteiger partial charge is 0.147 e. The maximum absolute atomic E-state index is 11.1. The fourth-order valence-electron chi connectivity index (χ4n) is 2.55. The summed E-state index contributed by atoms with van der Waals surface area (Å²) in [5.41, 5.74) is 10.1. The van der Waals surface area contributed by atoms with Crippen molar-refractivity contribution in [3.63, 3.8) is 0 Å². The summed E-state index contributed by atoms with van der Waals surface area (Å²) in [6.45, 7) is 0. The van der Waals surface area contributed by atoms with E-state index < -0.39 is 9.84 Å². The van der Waals surface area contributed by atoms with Gasteiger partial charge in [0.15, 0.2) is 0 Å². The SMILES string of the molecule is CS(=O)(=O)CCCC(N)c1ccc2c(c1)CCC2. The standard InChI is InChI=1S/C14H21NO2S/c1-18(16,17)9-3-6-14(15)13-8-7-11-4-2-5-12(11)10-13/h7-8,10,14H,2-6,9,15H2,1H3. The zero-order valence-corrected chi connectivity index (χ0v) is 11.7. The van der Waals surface area contributed by atoms with E-state index >= 15 is 0 Å². The van der Waals surface area contributed by atoms with Crippen molar-refractivity contribution in [1.29, 1.82) is 0 Å². The van der Waals surface area contributed by atoms with Gasteiger partial charge in [-0.1, -0.05) is 18.2 Å². The monoisotopic (exact) mass is 267 g/mol. The number of aryl methyl sites for hydroxylation is 2. The average molecular weight is 267 g/mol. The van der Waals surface area contributed by atoms with Crippen molar-refractivity contribution in [2.75, 3.05) is 12.0 Å². The molecule has 0 saturated heterocycles. The molecule has 0 aliphatic heterocycles. The molecule has 0 bridgehead atoms. The Morgan fingerprint density at radius 3 is 2.72 bits per heavy atom. The largest absolute Gasteiger partial charge is 0.324 e. The summed E-state index contributed by atoms with van der Waals surface area (Å²) in [6.07, 6.45) is 6.21. The lowest BCUT2D eigenvalue weighted by atomic mass is 9.99. The van der Waals surface area contributed by atoms with E-state index in [0.29, 0.717) is 6.42 Å². The number of benzene rings is 1. The number of fused-ring (bicyclic) bond motifs is 1. The summed E-state index contributed by atoms with van der Waals surface area (Å²) in [4.78, 5) is 0. The van der Waals surface area contributed by atoms with Gasteiger partial charge in [-0.25, -0.2) is 8.42 Å². The van der Waals surface area contributed by atoms with Crippen LogP contribution >= 0.6 is 0 Å². The summed E-state index contributed by atoms with van der Waals surface area (Å²) in [7, 11) is -2.87. The number of rotatable bonds is 5. The highest BCUT2D eigenvalue weighted by atomic mass is 32.2. The molecule has 0 heterocycles. The molecule has 1 aliphatic carbocycles. The second kappa shape index (κ2) is 5.41. The van der Waals surface area contributed by atoms with E-state index in [9.17, 15) is 8.42 Å². The Labute approximate surface area is 109 Å². The average Bonchev–Trinajstić information content (AvgIpc) is 2.73. The highest BCUT2D eigenvalue weighted by molar-refractivity contribution is 7.90. The van der Waals surface area contributed by atoms with Gasteiger partial charge in [0.1, 0.15) is 9.84 Å². The molecule has 1 aromatic carbocycles. The van der Waals surface area contributed by atoms with Gasteiger partial charge in [-0.15, -0.1) is 0 Å². The van der Waals surface area contributed by atoms with Crippen molar-refractivity contribution in [1.82, 2.24) is 0 Å². The Kier molecular flexibility index (Phi) is 4.07. The number of hydrogen-bond donors (Lipinski definition) is 1. The van der Waals surface area contributed by atoms with Crippen molar-refractivity contribution in [3.8, 4) is 0 Å². The second-order valence-electron chi connectivity index (χ2n) is 5.26. The fourth-order valence-corrected chi connectivity index (χ4v) is 3.25. The van der Waals surface area contributed by atoms with Crippen LogP contribution in [0, 0.1) is 0 Å². The lowest BCUT2D eigenvalue weighted by molar-refractivity contribution is 0.588. The van der Waals surface area contributed by atoms with E-state index in [1.807, 2.05) is 0 Å². The van der Waals surface area contributed by atoms with Crippen LogP contribution in [0.5, 0.6) is 0 Å². The number of hydrogen-bond acceptors (Lipinski definition) is 3. The molecular formula is C14H21NO2S. The summed E-state index contributed by atoms with van der Waals surface area (Å²) >= 11 is 0. The molecule has 0 spiro atoms. The van der Waals surface area contributed by atoms with Gasteiger partial charge in [0.2, 0.25) is 0 Å². The van der Waals surface area contributed by atoms with Crippen LogP contribution < -0.4 is 5.73 Å². The van der Waals surface area contributed by atoms with Crippen LogP contribution in [-0.2, 0) is 22.7 Å². The molecule has 0 radical (unpaired) electrons. The van der Waals surface area contributed by atoms with E-state index in [1.165, 1.54) is 30.2 Å². The minimum Gasteiger partial charge on any atom is -0.324 e. The predicted octanol–water partition coefficient (Wildman–Crippen LogP) is 2.00. The van der Waals surface area contributed by atoms with Crippen LogP contribution in [-0.4, -0.2) is 20.4 Å². The van der Waals surface area contributed by atoms with Crippen LogP contribution in [0.4, 0.5) is 0 Å². The molecule has 2 N–H and O–H groups in total. The first-order valence-electron chi connectivity index (χ1n) is 6.51. The lowest BCUT2D eigenvalue weighted by Crippen LogP contribution is -2.13. The Balaban J connectivity index is 1.95. The Morgan fingerprint density at radius 2 is 2.00 bits per heavy atom. The Hall–Kier alpha value is -0.870. The van der Waals surface area contributed by atoms with Gasteiger partial charge in [-0.3, -0.25) is 0 Å². The van der Waals surface area contributed by atoms with Gasteiger partial charge in [0.25, 0.3) is 0 Å². The van der Waals surface area contributed by atoms with Gasteiger partial charge < -0.3 is 5.73 Å².